The van der Waals surface area contributed by atoms with Crippen molar-refractivity contribution < 1.29 is 19.1 Å². The van der Waals surface area contributed by atoms with Crippen LogP contribution in [0.3, 0.4) is 0 Å². The molecule has 27 heavy (non-hydrogen) atoms. The van der Waals surface area contributed by atoms with Gasteiger partial charge >= 0.3 is 0 Å². The first-order valence-electron chi connectivity index (χ1n) is 9.37. The van der Waals surface area contributed by atoms with Crippen LogP contribution in [0.15, 0.2) is 48.5 Å². The van der Waals surface area contributed by atoms with Crippen molar-refractivity contribution in [3.05, 3.63) is 59.7 Å². The Hall–Kier alpha value is -2.82. The number of hydrogen-bond donors (Lipinski definition) is 1. The van der Waals surface area contributed by atoms with Gasteiger partial charge in [0.15, 0.2) is 5.78 Å². The monoisotopic (exact) mass is 369 g/mol. The van der Waals surface area contributed by atoms with Crippen molar-refractivity contribution >= 4 is 11.7 Å². The van der Waals surface area contributed by atoms with E-state index in [0.717, 1.165) is 17.9 Å². The molecule has 0 fully saturated rings. The number of carbonyl (C=O) groups is 2. The summed E-state index contributed by atoms with van der Waals surface area (Å²) in [6.45, 7) is 5.39. The summed E-state index contributed by atoms with van der Waals surface area (Å²) < 4.78 is 10.9. The average Bonchev–Trinajstić information content (AvgIpc) is 2.71. The fraction of sp³-hybridized carbons (Fsp3) is 0.364. The first-order valence-corrected chi connectivity index (χ1v) is 9.37. The fourth-order valence-electron chi connectivity index (χ4n) is 2.54. The van der Waals surface area contributed by atoms with Gasteiger partial charge in [0.2, 0.25) is 5.91 Å². The normalized spacial score (nSPS) is 10.3. The predicted octanol–water partition coefficient (Wildman–Crippen LogP) is 3.81. The van der Waals surface area contributed by atoms with E-state index in [1.54, 1.807) is 0 Å². The Kier molecular flexibility index (Phi) is 8.36. The third-order valence-corrected chi connectivity index (χ3v) is 4.09. The average molecular weight is 369 g/mol. The molecule has 0 bridgehead atoms. The van der Waals surface area contributed by atoms with Crippen LogP contribution in [-0.4, -0.2) is 31.4 Å². The molecule has 0 aliphatic carbocycles. The number of amides is 1. The van der Waals surface area contributed by atoms with Gasteiger partial charge in [-0.1, -0.05) is 31.2 Å². The van der Waals surface area contributed by atoms with E-state index in [1.807, 2.05) is 55.5 Å². The van der Waals surface area contributed by atoms with Gasteiger partial charge in [-0.3, -0.25) is 9.59 Å². The Morgan fingerprint density at radius 3 is 2.07 bits per heavy atom. The Labute approximate surface area is 160 Å². The molecule has 0 radical (unpaired) electrons. The van der Waals surface area contributed by atoms with E-state index >= 15 is 0 Å². The summed E-state index contributed by atoms with van der Waals surface area (Å²) in [5.41, 5.74) is 1.84. The zero-order valence-electron chi connectivity index (χ0n) is 16.0. The molecule has 144 valence electrons. The standard InChI is InChI=1S/C22H27NO4/c1-3-17-5-7-18(8-6-17)21(24)13-14-22(25)23-15-16-27-20-11-9-19(10-12-20)26-4-2/h5-12H,3-4,13-16H2,1-2H3,(H,23,25). The highest BCUT2D eigenvalue weighted by Crippen LogP contribution is 2.17. The minimum atomic E-state index is -0.149. The molecule has 5 nitrogen and oxygen atoms in total. The summed E-state index contributed by atoms with van der Waals surface area (Å²) in [6, 6.07) is 14.9. The lowest BCUT2D eigenvalue weighted by Crippen LogP contribution is -2.28. The van der Waals surface area contributed by atoms with Crippen LogP contribution in [0.4, 0.5) is 0 Å². The summed E-state index contributed by atoms with van der Waals surface area (Å²) >= 11 is 0. The molecular formula is C22H27NO4. The van der Waals surface area contributed by atoms with E-state index in [9.17, 15) is 9.59 Å². The van der Waals surface area contributed by atoms with Gasteiger partial charge < -0.3 is 14.8 Å². The number of carbonyl (C=O) groups excluding carboxylic acids is 2. The molecule has 0 heterocycles. The largest absolute Gasteiger partial charge is 0.494 e. The van der Waals surface area contributed by atoms with Crippen molar-refractivity contribution in [1.82, 2.24) is 5.32 Å². The molecule has 0 spiro atoms. The highest BCUT2D eigenvalue weighted by molar-refractivity contribution is 5.97. The van der Waals surface area contributed by atoms with E-state index < -0.39 is 0 Å². The summed E-state index contributed by atoms with van der Waals surface area (Å²) in [5.74, 6) is 1.35. The second kappa shape index (κ2) is 11.0. The van der Waals surface area contributed by atoms with Crippen molar-refractivity contribution in [2.75, 3.05) is 19.8 Å². The lowest BCUT2D eigenvalue weighted by molar-refractivity contribution is -0.121. The Morgan fingerprint density at radius 2 is 1.48 bits per heavy atom. The molecule has 0 saturated heterocycles. The quantitative estimate of drug-likeness (QED) is 0.483. The minimum Gasteiger partial charge on any atom is -0.494 e. The molecular weight excluding hydrogens is 342 g/mol. The fourth-order valence-corrected chi connectivity index (χ4v) is 2.54. The van der Waals surface area contributed by atoms with Gasteiger partial charge in [0.1, 0.15) is 18.1 Å². The summed E-state index contributed by atoms with van der Waals surface area (Å²) in [7, 11) is 0. The zero-order valence-corrected chi connectivity index (χ0v) is 16.0. The van der Waals surface area contributed by atoms with Crippen LogP contribution >= 0.6 is 0 Å². The molecule has 2 aromatic rings. The van der Waals surface area contributed by atoms with Gasteiger partial charge in [-0.15, -0.1) is 0 Å². The molecule has 1 amide bonds. The molecule has 0 aromatic heterocycles. The number of aryl methyl sites for hydroxylation is 1. The number of ketones is 1. The first kappa shape index (κ1) is 20.5. The molecule has 0 aliphatic rings. The van der Waals surface area contributed by atoms with Gasteiger partial charge in [0.05, 0.1) is 13.2 Å². The number of nitrogens with one attached hydrogen (secondary N) is 1. The summed E-state index contributed by atoms with van der Waals surface area (Å²) in [5, 5.41) is 2.77. The maximum Gasteiger partial charge on any atom is 0.220 e. The second-order valence-corrected chi connectivity index (χ2v) is 6.08. The van der Waals surface area contributed by atoms with E-state index in [2.05, 4.69) is 12.2 Å². The van der Waals surface area contributed by atoms with Crippen LogP contribution < -0.4 is 14.8 Å². The van der Waals surface area contributed by atoms with Crippen LogP contribution in [0.2, 0.25) is 0 Å². The van der Waals surface area contributed by atoms with Crippen LogP contribution in [0, 0.1) is 0 Å². The van der Waals surface area contributed by atoms with Crippen LogP contribution in [0.25, 0.3) is 0 Å². The molecule has 0 unspecified atom stereocenters. The smallest absolute Gasteiger partial charge is 0.220 e. The second-order valence-electron chi connectivity index (χ2n) is 6.08. The van der Waals surface area contributed by atoms with Gasteiger partial charge in [0.25, 0.3) is 0 Å². The topological polar surface area (TPSA) is 64.6 Å². The van der Waals surface area contributed by atoms with Gasteiger partial charge in [-0.2, -0.15) is 0 Å². The molecule has 5 heteroatoms. The van der Waals surface area contributed by atoms with Crippen LogP contribution in [-0.2, 0) is 11.2 Å². The predicted molar refractivity (Wildman–Crippen MR) is 106 cm³/mol. The SMILES string of the molecule is CCOc1ccc(OCCNC(=O)CCC(=O)c2ccc(CC)cc2)cc1. The van der Waals surface area contributed by atoms with Crippen LogP contribution in [0.1, 0.15) is 42.6 Å². The van der Waals surface area contributed by atoms with Crippen LogP contribution in [0.5, 0.6) is 11.5 Å². The Balaban J connectivity index is 1.63. The van der Waals surface area contributed by atoms with E-state index in [1.165, 1.54) is 5.56 Å². The molecule has 0 saturated carbocycles. The molecule has 1 N–H and O–H groups in total. The molecule has 2 rings (SSSR count). The van der Waals surface area contributed by atoms with Gasteiger partial charge in [-0.25, -0.2) is 0 Å². The number of hydrogen-bond acceptors (Lipinski definition) is 4. The number of rotatable bonds is 11. The highest BCUT2D eigenvalue weighted by atomic mass is 16.5. The number of Topliss-reactive ketones (excluding diaryl/α,β-unsaturated/α-hetero) is 1. The molecule has 0 atom stereocenters. The number of benzene rings is 2. The third-order valence-electron chi connectivity index (χ3n) is 4.09. The maximum absolute atomic E-state index is 12.1. The zero-order chi connectivity index (χ0) is 19.5. The van der Waals surface area contributed by atoms with Crippen molar-refractivity contribution in [3.63, 3.8) is 0 Å². The van der Waals surface area contributed by atoms with Gasteiger partial charge in [-0.05, 0) is 43.2 Å². The number of ether oxygens (including phenoxy) is 2. The van der Waals surface area contributed by atoms with Crippen molar-refractivity contribution in [2.45, 2.75) is 33.1 Å². The molecule has 2 aromatic carbocycles. The summed E-state index contributed by atoms with van der Waals surface area (Å²) in [4.78, 5) is 24.0. The van der Waals surface area contributed by atoms with E-state index in [4.69, 9.17) is 9.47 Å². The van der Waals surface area contributed by atoms with E-state index in [0.29, 0.717) is 25.3 Å². The first-order chi connectivity index (χ1) is 13.1. The maximum atomic E-state index is 12.1. The Morgan fingerprint density at radius 1 is 0.852 bits per heavy atom. The highest BCUT2D eigenvalue weighted by Gasteiger charge is 2.09. The van der Waals surface area contributed by atoms with Crippen molar-refractivity contribution in [3.8, 4) is 11.5 Å². The lowest BCUT2D eigenvalue weighted by atomic mass is 10.0. The summed E-state index contributed by atoms with van der Waals surface area (Å²) in [6.07, 6.45) is 1.32. The van der Waals surface area contributed by atoms with Crippen molar-refractivity contribution in [2.24, 2.45) is 0 Å². The minimum absolute atomic E-state index is 0.0153. The lowest BCUT2D eigenvalue weighted by Gasteiger charge is -2.09. The third kappa shape index (κ3) is 7.13. The Bertz CT molecular complexity index is 723. The van der Waals surface area contributed by atoms with Crippen molar-refractivity contribution in [1.29, 1.82) is 0 Å². The van der Waals surface area contributed by atoms with E-state index in [-0.39, 0.29) is 24.5 Å². The van der Waals surface area contributed by atoms with Gasteiger partial charge in [0, 0.05) is 18.4 Å². The molecule has 0 aliphatic heterocycles.